The van der Waals surface area contributed by atoms with Crippen molar-refractivity contribution in [1.29, 1.82) is 0 Å². The molecular weight excluding hydrogens is 300 g/mol. The monoisotopic (exact) mass is 307 g/mol. The van der Waals surface area contributed by atoms with Crippen molar-refractivity contribution in [3.63, 3.8) is 0 Å². The summed E-state index contributed by atoms with van der Waals surface area (Å²) in [6.45, 7) is 0. The van der Waals surface area contributed by atoms with Gasteiger partial charge in [-0.15, -0.1) is 0 Å². The zero-order chi connectivity index (χ0) is 14.3. The summed E-state index contributed by atoms with van der Waals surface area (Å²) in [6.07, 6.45) is 1.47. The number of rotatable bonds is 1. The predicted molar refractivity (Wildman–Crippen MR) is 79.4 cm³/mol. The number of halogens is 3. The average molecular weight is 308 g/mol. The molecule has 0 aromatic heterocycles. The number of amides is 1. The Labute approximate surface area is 124 Å². The van der Waals surface area contributed by atoms with Gasteiger partial charge in [0.1, 0.15) is 5.82 Å². The fourth-order valence-electron chi connectivity index (χ4n) is 2.09. The average Bonchev–Trinajstić information content (AvgIpc) is 2.71. The van der Waals surface area contributed by atoms with Gasteiger partial charge in [-0.1, -0.05) is 35.3 Å². The van der Waals surface area contributed by atoms with Crippen LogP contribution in [0.3, 0.4) is 0 Å². The fourth-order valence-corrected chi connectivity index (χ4v) is 2.44. The summed E-state index contributed by atoms with van der Waals surface area (Å²) in [7, 11) is 0. The Bertz CT molecular complexity index is 756. The highest BCUT2D eigenvalue weighted by Crippen LogP contribution is 2.35. The molecule has 0 atom stereocenters. The van der Waals surface area contributed by atoms with Gasteiger partial charge in [0.05, 0.1) is 5.02 Å². The molecule has 1 aliphatic heterocycles. The lowest BCUT2D eigenvalue weighted by Crippen LogP contribution is -2.03. The fraction of sp³-hybridized carbons (Fsp3) is 0. The van der Waals surface area contributed by atoms with Gasteiger partial charge in [-0.2, -0.15) is 0 Å². The summed E-state index contributed by atoms with van der Waals surface area (Å²) in [4.78, 5) is 12.0. The molecule has 5 heteroatoms. The summed E-state index contributed by atoms with van der Waals surface area (Å²) in [6, 6.07) is 9.71. The molecule has 0 saturated heterocycles. The van der Waals surface area contributed by atoms with Gasteiger partial charge in [-0.25, -0.2) is 4.39 Å². The van der Waals surface area contributed by atoms with E-state index < -0.39 is 5.82 Å². The van der Waals surface area contributed by atoms with Gasteiger partial charge < -0.3 is 5.32 Å². The molecular formula is C15H8Cl2FNO. The van der Waals surface area contributed by atoms with Gasteiger partial charge in [0.25, 0.3) is 5.91 Å². The topological polar surface area (TPSA) is 29.1 Å². The number of carbonyl (C=O) groups excluding carboxylic acids is 1. The maximum atomic E-state index is 13.9. The standard InChI is InChI=1S/C15H8Cl2FNO/c16-9-4-5-13-10(7-9)11(15(20)19-13)6-8-2-1-3-12(17)14(8)18/h1-7H,(H,19,20)/b11-6+. The summed E-state index contributed by atoms with van der Waals surface area (Å²) in [5, 5.41) is 3.24. The Morgan fingerprint density at radius 3 is 2.75 bits per heavy atom. The van der Waals surface area contributed by atoms with Gasteiger partial charge in [0, 0.05) is 27.4 Å². The number of hydrogen-bond acceptors (Lipinski definition) is 1. The molecule has 2 nitrogen and oxygen atoms in total. The Kier molecular flexibility index (Phi) is 3.24. The minimum Gasteiger partial charge on any atom is -0.321 e. The number of hydrogen-bond donors (Lipinski definition) is 1. The first kappa shape index (κ1) is 13.2. The van der Waals surface area contributed by atoms with Crippen LogP contribution in [0.15, 0.2) is 36.4 Å². The lowest BCUT2D eigenvalue weighted by atomic mass is 10.0. The molecule has 2 aromatic carbocycles. The zero-order valence-corrected chi connectivity index (χ0v) is 11.6. The van der Waals surface area contributed by atoms with Crippen molar-refractivity contribution in [3.8, 4) is 0 Å². The van der Waals surface area contributed by atoms with Crippen molar-refractivity contribution in [2.24, 2.45) is 0 Å². The van der Waals surface area contributed by atoms with Gasteiger partial charge in [0.2, 0.25) is 0 Å². The minimum absolute atomic E-state index is 0.0177. The molecule has 100 valence electrons. The van der Waals surface area contributed by atoms with E-state index in [9.17, 15) is 9.18 Å². The van der Waals surface area contributed by atoms with Crippen LogP contribution in [0.2, 0.25) is 10.0 Å². The van der Waals surface area contributed by atoms with E-state index in [1.807, 2.05) is 0 Å². The first-order valence-corrected chi connectivity index (χ1v) is 6.59. The van der Waals surface area contributed by atoms with Crippen LogP contribution in [0, 0.1) is 5.82 Å². The molecule has 0 spiro atoms. The Hall–Kier alpha value is -1.84. The second-order valence-corrected chi connectivity index (χ2v) is 5.19. The smallest absolute Gasteiger partial charge is 0.256 e. The number of nitrogens with one attached hydrogen (secondary N) is 1. The van der Waals surface area contributed by atoms with E-state index in [0.717, 1.165) is 0 Å². The van der Waals surface area contributed by atoms with Gasteiger partial charge >= 0.3 is 0 Å². The van der Waals surface area contributed by atoms with E-state index in [4.69, 9.17) is 23.2 Å². The van der Waals surface area contributed by atoms with Crippen LogP contribution >= 0.6 is 23.2 Å². The van der Waals surface area contributed by atoms with E-state index in [0.29, 0.717) is 21.8 Å². The largest absolute Gasteiger partial charge is 0.321 e. The predicted octanol–water partition coefficient (Wildman–Crippen LogP) is 4.63. The number of benzene rings is 2. The third-order valence-electron chi connectivity index (χ3n) is 3.05. The van der Waals surface area contributed by atoms with Crippen LogP contribution in [-0.2, 0) is 4.79 Å². The van der Waals surface area contributed by atoms with E-state index in [1.54, 1.807) is 30.3 Å². The van der Waals surface area contributed by atoms with Crippen LogP contribution in [-0.4, -0.2) is 5.91 Å². The molecule has 0 fully saturated rings. The van der Waals surface area contributed by atoms with Crippen molar-refractivity contribution in [1.82, 2.24) is 0 Å². The van der Waals surface area contributed by atoms with E-state index in [-0.39, 0.29) is 16.5 Å². The van der Waals surface area contributed by atoms with Gasteiger partial charge in [-0.3, -0.25) is 4.79 Å². The molecule has 20 heavy (non-hydrogen) atoms. The second kappa shape index (κ2) is 4.93. The van der Waals surface area contributed by atoms with Crippen molar-refractivity contribution in [2.45, 2.75) is 0 Å². The van der Waals surface area contributed by atoms with Crippen LogP contribution in [0.1, 0.15) is 11.1 Å². The highest BCUT2D eigenvalue weighted by atomic mass is 35.5. The Morgan fingerprint density at radius 2 is 1.95 bits per heavy atom. The number of carbonyl (C=O) groups is 1. The summed E-state index contributed by atoms with van der Waals surface area (Å²) in [5.41, 5.74) is 1.94. The molecule has 1 aliphatic rings. The first-order chi connectivity index (χ1) is 9.56. The molecule has 0 unspecified atom stereocenters. The molecule has 0 bridgehead atoms. The second-order valence-electron chi connectivity index (χ2n) is 4.35. The third kappa shape index (κ3) is 2.19. The maximum absolute atomic E-state index is 13.9. The minimum atomic E-state index is -0.551. The zero-order valence-electron chi connectivity index (χ0n) is 10.1. The first-order valence-electron chi connectivity index (χ1n) is 5.83. The maximum Gasteiger partial charge on any atom is 0.256 e. The third-order valence-corrected chi connectivity index (χ3v) is 3.57. The van der Waals surface area contributed by atoms with Crippen molar-refractivity contribution < 1.29 is 9.18 Å². The highest BCUT2D eigenvalue weighted by Gasteiger charge is 2.24. The van der Waals surface area contributed by atoms with Crippen LogP contribution < -0.4 is 5.32 Å². The number of fused-ring (bicyclic) bond motifs is 1. The molecule has 1 N–H and O–H groups in total. The van der Waals surface area contributed by atoms with Crippen molar-refractivity contribution in [3.05, 3.63) is 63.4 Å². The lowest BCUT2D eigenvalue weighted by molar-refractivity contribution is -0.110. The molecule has 1 amide bonds. The molecule has 0 radical (unpaired) electrons. The van der Waals surface area contributed by atoms with E-state index in [2.05, 4.69) is 5.32 Å². The van der Waals surface area contributed by atoms with Gasteiger partial charge in [0.15, 0.2) is 0 Å². The van der Waals surface area contributed by atoms with Crippen molar-refractivity contribution >= 4 is 46.4 Å². The Balaban J connectivity index is 2.15. The molecule has 0 saturated carbocycles. The summed E-state index contributed by atoms with van der Waals surface area (Å²) in [5.74, 6) is -0.841. The number of anilines is 1. The lowest BCUT2D eigenvalue weighted by Gasteiger charge is -2.02. The quantitative estimate of drug-likeness (QED) is 0.765. The summed E-state index contributed by atoms with van der Waals surface area (Å²) >= 11 is 11.7. The van der Waals surface area contributed by atoms with Crippen LogP contribution in [0.25, 0.3) is 11.6 Å². The van der Waals surface area contributed by atoms with Gasteiger partial charge in [-0.05, 0) is 30.3 Å². The van der Waals surface area contributed by atoms with E-state index in [1.165, 1.54) is 12.1 Å². The van der Waals surface area contributed by atoms with Crippen LogP contribution in [0.5, 0.6) is 0 Å². The van der Waals surface area contributed by atoms with E-state index >= 15 is 0 Å². The Morgan fingerprint density at radius 1 is 1.15 bits per heavy atom. The van der Waals surface area contributed by atoms with Crippen LogP contribution in [0.4, 0.5) is 10.1 Å². The molecule has 0 aliphatic carbocycles. The SMILES string of the molecule is O=C1Nc2ccc(Cl)cc2/C1=C\c1cccc(Cl)c1F. The normalized spacial score (nSPS) is 15.3. The molecule has 3 rings (SSSR count). The molecule has 2 aromatic rings. The van der Waals surface area contributed by atoms with Crippen molar-refractivity contribution in [2.75, 3.05) is 5.32 Å². The highest BCUT2D eigenvalue weighted by molar-refractivity contribution is 6.37. The molecule has 1 heterocycles. The summed E-state index contributed by atoms with van der Waals surface area (Å²) < 4.78 is 13.9.